The number of fused-ring (bicyclic) bond motifs is 2. The fraction of sp³-hybridized carbons (Fsp3) is 0.357. The monoisotopic (exact) mass is 808 g/mol. The van der Waals surface area contributed by atoms with E-state index in [9.17, 15) is 28.8 Å². The first-order chi connectivity index (χ1) is 27.8. The summed E-state index contributed by atoms with van der Waals surface area (Å²) in [6, 6.07) is 17.0. The van der Waals surface area contributed by atoms with Gasteiger partial charge in [-0.15, -0.1) is 11.3 Å². The van der Waals surface area contributed by atoms with Crippen molar-refractivity contribution >= 4 is 63.5 Å². The second-order valence-electron chi connectivity index (χ2n) is 15.1. The molecule has 3 aliphatic rings. The number of anilines is 3. The highest BCUT2D eigenvalue weighted by Gasteiger charge is 2.45. The Morgan fingerprint density at radius 3 is 2.57 bits per heavy atom. The van der Waals surface area contributed by atoms with Gasteiger partial charge < -0.3 is 24.8 Å². The number of hydrogen-bond acceptors (Lipinski definition) is 12. The molecule has 1 saturated heterocycles. The lowest BCUT2D eigenvalue weighted by atomic mass is 10.0. The highest BCUT2D eigenvalue weighted by atomic mass is 32.1. The van der Waals surface area contributed by atoms with E-state index in [4.69, 9.17) is 19.2 Å². The average Bonchev–Trinajstić information content (AvgIpc) is 3.83. The highest BCUT2D eigenvalue weighted by Crippen LogP contribution is 2.37. The lowest BCUT2D eigenvalue weighted by Crippen LogP contribution is -2.54. The molecule has 58 heavy (non-hydrogen) atoms. The molecule has 15 nitrogen and oxygen atoms in total. The Kier molecular flexibility index (Phi) is 11.6. The van der Waals surface area contributed by atoms with Crippen LogP contribution in [0.3, 0.4) is 0 Å². The molecule has 302 valence electrons. The van der Waals surface area contributed by atoms with Crippen molar-refractivity contribution in [2.45, 2.75) is 65.0 Å². The Morgan fingerprint density at radius 2 is 1.78 bits per heavy atom. The molecule has 0 radical (unpaired) electrons. The van der Waals surface area contributed by atoms with Crippen molar-refractivity contribution in [1.82, 2.24) is 15.2 Å². The zero-order chi connectivity index (χ0) is 41.1. The van der Waals surface area contributed by atoms with E-state index in [1.165, 1.54) is 11.3 Å². The van der Waals surface area contributed by atoms with Crippen LogP contribution in [0.2, 0.25) is 0 Å². The van der Waals surface area contributed by atoms with Crippen molar-refractivity contribution < 1.29 is 43.0 Å². The van der Waals surface area contributed by atoms with E-state index in [2.05, 4.69) is 16.0 Å². The smallest absolute Gasteiger partial charge is 0.414 e. The Hall–Kier alpha value is -6.13. The Bertz CT molecular complexity index is 2300. The third-order valence-corrected chi connectivity index (χ3v) is 10.6. The van der Waals surface area contributed by atoms with E-state index in [-0.39, 0.29) is 62.2 Å². The summed E-state index contributed by atoms with van der Waals surface area (Å²) in [5, 5.41) is 8.77. The molecule has 6 amide bonds. The molecular weight excluding hydrogens is 765 g/mol. The van der Waals surface area contributed by atoms with Gasteiger partial charge in [0.05, 0.1) is 42.1 Å². The van der Waals surface area contributed by atoms with Crippen LogP contribution in [0.1, 0.15) is 70.3 Å². The number of imide groups is 2. The van der Waals surface area contributed by atoms with Gasteiger partial charge in [0.2, 0.25) is 17.7 Å². The van der Waals surface area contributed by atoms with E-state index in [0.717, 1.165) is 37.8 Å². The zero-order valence-electron chi connectivity index (χ0n) is 32.6. The van der Waals surface area contributed by atoms with E-state index in [0.29, 0.717) is 36.1 Å². The van der Waals surface area contributed by atoms with Crippen LogP contribution < -0.4 is 25.6 Å². The summed E-state index contributed by atoms with van der Waals surface area (Å²) in [6.45, 7) is 9.21. The van der Waals surface area contributed by atoms with E-state index in [1.807, 2.05) is 58.0 Å². The van der Waals surface area contributed by atoms with Gasteiger partial charge in [0.1, 0.15) is 24.0 Å². The fourth-order valence-corrected chi connectivity index (χ4v) is 7.96. The van der Waals surface area contributed by atoms with Crippen LogP contribution in [0.25, 0.3) is 11.3 Å². The number of nitrogens with zero attached hydrogens (tertiary/aromatic N) is 3. The van der Waals surface area contributed by atoms with Crippen LogP contribution in [0.5, 0.6) is 5.75 Å². The van der Waals surface area contributed by atoms with Crippen molar-refractivity contribution in [3.8, 4) is 17.0 Å². The normalized spacial score (nSPS) is 16.2. The Morgan fingerprint density at radius 1 is 0.966 bits per heavy atom. The maximum Gasteiger partial charge on any atom is 0.414 e. The summed E-state index contributed by atoms with van der Waals surface area (Å²) in [4.78, 5) is 84.4. The second-order valence-corrected chi connectivity index (χ2v) is 16.3. The summed E-state index contributed by atoms with van der Waals surface area (Å²) >= 11 is 1.40. The molecule has 3 aromatic carbocycles. The first-order valence-corrected chi connectivity index (χ1v) is 19.9. The Labute approximate surface area is 339 Å². The van der Waals surface area contributed by atoms with Crippen molar-refractivity contribution in [2.75, 3.05) is 48.4 Å². The van der Waals surface area contributed by atoms with E-state index >= 15 is 0 Å². The standard InChI is InChI=1S/C42H44N6O9S/c1-24-36(27-11-12-31-26(23-27)15-17-47(31)41(54)57-42(2,3)4)46-40(58-24)45-34(50)22-25-7-5-8-28(21-25)56-20-19-55-18-16-43-30-10-6-9-29-35(30)39(53)48(38(29)52)32-13-14-33(49)44-37(32)51/h5-12,21,23,32,43H,13-20,22H2,1-4H3,(H,44,49,51)(H,45,46,50). The van der Waals surface area contributed by atoms with Crippen molar-refractivity contribution in [1.29, 1.82) is 0 Å². The molecule has 1 unspecified atom stereocenters. The number of nitrogens with one attached hydrogen (secondary N) is 3. The van der Waals surface area contributed by atoms with Gasteiger partial charge in [0.25, 0.3) is 11.8 Å². The largest absolute Gasteiger partial charge is 0.491 e. The van der Waals surface area contributed by atoms with Gasteiger partial charge in [0, 0.05) is 35.6 Å². The van der Waals surface area contributed by atoms with E-state index in [1.54, 1.807) is 35.2 Å². The molecule has 16 heteroatoms. The number of piperidine rings is 1. The minimum absolute atomic E-state index is 0.0489. The molecule has 0 saturated carbocycles. The summed E-state index contributed by atoms with van der Waals surface area (Å²) in [6.07, 6.45) is 0.605. The van der Waals surface area contributed by atoms with E-state index < -0.39 is 35.3 Å². The summed E-state index contributed by atoms with van der Waals surface area (Å²) < 4.78 is 17.2. The van der Waals surface area contributed by atoms with Crippen molar-refractivity contribution in [3.63, 3.8) is 0 Å². The average molecular weight is 809 g/mol. The maximum absolute atomic E-state index is 13.3. The number of carbonyl (C=O) groups excluding carboxylic acids is 6. The molecule has 1 fully saturated rings. The minimum Gasteiger partial charge on any atom is -0.491 e. The maximum atomic E-state index is 13.3. The fourth-order valence-electron chi connectivity index (χ4n) is 7.11. The van der Waals surface area contributed by atoms with Gasteiger partial charge in [-0.05, 0) is 88.1 Å². The van der Waals surface area contributed by atoms with Gasteiger partial charge in [-0.1, -0.05) is 24.3 Å². The molecule has 4 aromatic rings. The summed E-state index contributed by atoms with van der Waals surface area (Å²) in [5.41, 5.74) is 4.59. The first kappa shape index (κ1) is 40.1. The Balaban J connectivity index is 0.849. The lowest BCUT2D eigenvalue weighted by Gasteiger charge is -2.27. The molecule has 3 N–H and O–H groups in total. The number of aromatic nitrogens is 1. The third-order valence-electron chi connectivity index (χ3n) is 9.69. The van der Waals surface area contributed by atoms with Crippen LogP contribution >= 0.6 is 11.3 Å². The van der Waals surface area contributed by atoms with Gasteiger partial charge in [0.15, 0.2) is 5.13 Å². The number of thiazole rings is 1. The molecular formula is C42H44N6O9S. The molecule has 0 aliphatic carbocycles. The molecule has 0 bridgehead atoms. The van der Waals surface area contributed by atoms with Crippen molar-refractivity contribution in [3.05, 3.63) is 87.8 Å². The highest BCUT2D eigenvalue weighted by molar-refractivity contribution is 7.16. The number of hydrogen-bond donors (Lipinski definition) is 3. The van der Waals surface area contributed by atoms with Crippen LogP contribution in [0.15, 0.2) is 60.7 Å². The number of aryl methyl sites for hydroxylation is 1. The van der Waals surface area contributed by atoms with Crippen LogP contribution in [-0.4, -0.2) is 90.1 Å². The van der Waals surface area contributed by atoms with Crippen LogP contribution in [-0.2, 0) is 36.7 Å². The molecule has 1 atom stereocenters. The van der Waals surface area contributed by atoms with Gasteiger partial charge >= 0.3 is 6.09 Å². The molecule has 0 spiro atoms. The van der Waals surface area contributed by atoms with Crippen LogP contribution in [0.4, 0.5) is 21.3 Å². The number of carbonyl (C=O) groups is 6. The topological polar surface area (TPSA) is 186 Å². The predicted molar refractivity (Wildman–Crippen MR) is 216 cm³/mol. The first-order valence-electron chi connectivity index (χ1n) is 19.0. The third kappa shape index (κ3) is 8.87. The van der Waals surface area contributed by atoms with Gasteiger partial charge in [-0.3, -0.25) is 39.1 Å². The molecule has 3 aliphatic heterocycles. The lowest BCUT2D eigenvalue weighted by molar-refractivity contribution is -0.136. The van der Waals surface area contributed by atoms with Gasteiger partial charge in [-0.25, -0.2) is 9.78 Å². The quantitative estimate of drug-likeness (QED) is 0.114. The SMILES string of the molecule is Cc1sc(NC(=O)Cc2cccc(OCCOCCNc3cccc4c3C(=O)N(C3CCC(=O)NC3=O)C4=O)c2)nc1-c1ccc2c(c1)CCN2C(=O)OC(C)(C)C. The number of benzene rings is 3. The molecule has 7 rings (SSSR count). The number of amides is 6. The number of rotatable bonds is 13. The van der Waals surface area contributed by atoms with Gasteiger partial charge in [-0.2, -0.15) is 0 Å². The summed E-state index contributed by atoms with van der Waals surface area (Å²) in [5.74, 6) is -1.86. The molecule has 1 aromatic heterocycles. The molecule has 4 heterocycles. The second kappa shape index (κ2) is 16.8. The zero-order valence-corrected chi connectivity index (χ0v) is 33.5. The number of ether oxygens (including phenoxy) is 3. The van der Waals surface area contributed by atoms with Crippen molar-refractivity contribution in [2.24, 2.45) is 0 Å². The predicted octanol–water partition coefficient (Wildman–Crippen LogP) is 5.51. The van der Waals surface area contributed by atoms with Crippen LogP contribution in [0, 0.1) is 6.92 Å². The minimum atomic E-state index is -1.04. The summed E-state index contributed by atoms with van der Waals surface area (Å²) in [7, 11) is 0.